The molecule has 2 rings (SSSR count). The first-order chi connectivity index (χ1) is 12.4. The Morgan fingerprint density at radius 1 is 1.31 bits per heavy atom. The third-order valence-electron chi connectivity index (χ3n) is 4.39. The molecule has 0 aromatic carbocycles. The summed E-state index contributed by atoms with van der Waals surface area (Å²) >= 11 is 0. The van der Waals surface area contributed by atoms with E-state index < -0.39 is 48.9 Å². The molecule has 0 unspecified atom stereocenters. The first kappa shape index (κ1) is 20.4. The van der Waals surface area contributed by atoms with Crippen molar-refractivity contribution in [2.24, 2.45) is 0 Å². The number of halogens is 1. The van der Waals surface area contributed by atoms with Gasteiger partial charge in [0.05, 0.1) is 12.6 Å². The van der Waals surface area contributed by atoms with Crippen LogP contribution in [0.4, 0.5) is 4.39 Å². The van der Waals surface area contributed by atoms with E-state index in [-0.39, 0.29) is 6.54 Å². The van der Waals surface area contributed by atoms with Crippen molar-refractivity contribution in [2.75, 3.05) is 19.7 Å². The average molecular weight is 369 g/mol. The Morgan fingerprint density at radius 2 is 2.04 bits per heavy atom. The zero-order chi connectivity index (χ0) is 19.3. The Kier molecular flexibility index (Phi) is 7.18. The zero-order valence-electron chi connectivity index (χ0n) is 14.4. The number of piperidine rings is 1. The van der Waals surface area contributed by atoms with Crippen LogP contribution in [0.25, 0.3) is 6.08 Å². The van der Waals surface area contributed by atoms with Gasteiger partial charge in [-0.2, -0.15) is 4.39 Å². The average Bonchev–Trinajstić information content (AvgIpc) is 2.64. The second-order valence-electron chi connectivity index (χ2n) is 6.10. The van der Waals surface area contributed by atoms with Crippen LogP contribution in [0, 0.1) is 5.95 Å². The molecule has 144 valence electrons. The molecule has 26 heavy (non-hydrogen) atoms. The third-order valence-corrected chi connectivity index (χ3v) is 4.39. The lowest BCUT2D eigenvalue weighted by atomic mass is 9.90. The molecule has 1 saturated heterocycles. The monoisotopic (exact) mass is 369 g/mol. The maximum absolute atomic E-state index is 12.8. The molecule has 0 radical (unpaired) electrons. The molecule has 8 nitrogen and oxygen atoms in total. The Morgan fingerprint density at radius 3 is 2.62 bits per heavy atom. The summed E-state index contributed by atoms with van der Waals surface area (Å²) in [6.45, 7) is 1.84. The fourth-order valence-electron chi connectivity index (χ4n) is 2.82. The van der Waals surface area contributed by atoms with E-state index in [1.54, 1.807) is 25.1 Å². The van der Waals surface area contributed by atoms with E-state index in [1.165, 1.54) is 17.2 Å². The molecule has 2 heterocycles. The van der Waals surface area contributed by atoms with Gasteiger partial charge in [0.2, 0.25) is 11.9 Å². The number of rotatable bonds is 6. The fourth-order valence-corrected chi connectivity index (χ4v) is 2.82. The van der Waals surface area contributed by atoms with Crippen LogP contribution in [0.5, 0.6) is 0 Å². The highest BCUT2D eigenvalue weighted by atomic mass is 19.1. The molecular formula is C17H24FN3O5. The van der Waals surface area contributed by atoms with E-state index in [1.807, 2.05) is 0 Å². The van der Waals surface area contributed by atoms with Gasteiger partial charge in [-0.15, -0.1) is 0 Å². The second kappa shape index (κ2) is 9.15. The minimum atomic E-state index is -1.54. The lowest BCUT2D eigenvalue weighted by molar-refractivity contribution is -0.153. The molecule has 1 aliphatic heterocycles. The van der Waals surface area contributed by atoms with Gasteiger partial charge in [0.25, 0.3) is 0 Å². The summed E-state index contributed by atoms with van der Waals surface area (Å²) in [6, 6.07) is 0.715. The predicted octanol–water partition coefficient (Wildman–Crippen LogP) is -1.50. The number of hydrogen-bond acceptors (Lipinski definition) is 7. The third kappa shape index (κ3) is 4.63. The van der Waals surface area contributed by atoms with Crippen LogP contribution in [0.1, 0.15) is 12.5 Å². The highest BCUT2D eigenvalue weighted by molar-refractivity contribution is 5.83. The highest BCUT2D eigenvalue weighted by Crippen LogP contribution is 2.17. The van der Waals surface area contributed by atoms with Gasteiger partial charge in [-0.3, -0.25) is 10.1 Å². The molecule has 1 fully saturated rings. The van der Waals surface area contributed by atoms with E-state index in [2.05, 4.69) is 10.3 Å². The number of likely N-dealkylation sites (N-methyl/N-ethyl adjacent to an activating group) is 1. The lowest BCUT2D eigenvalue weighted by Crippen LogP contribution is -2.69. The minimum Gasteiger partial charge on any atom is -0.395 e. The molecule has 0 saturated carbocycles. The van der Waals surface area contributed by atoms with Gasteiger partial charge in [-0.05, 0) is 24.6 Å². The number of hydrogen-bond donors (Lipinski definition) is 5. The molecule has 0 aliphatic carbocycles. The summed E-state index contributed by atoms with van der Waals surface area (Å²) < 4.78 is 12.8. The first-order valence-electron chi connectivity index (χ1n) is 8.37. The fraction of sp³-hybridized carbons (Fsp3) is 0.529. The van der Waals surface area contributed by atoms with Gasteiger partial charge in [-0.1, -0.05) is 12.2 Å². The summed E-state index contributed by atoms with van der Waals surface area (Å²) in [5.74, 6) is -1.05. The number of nitrogens with one attached hydrogen (secondary N) is 1. The van der Waals surface area contributed by atoms with Crippen LogP contribution in [0.2, 0.25) is 0 Å². The maximum Gasteiger partial charge on any atom is 0.242 e. The van der Waals surface area contributed by atoms with Gasteiger partial charge in [0.15, 0.2) is 0 Å². The molecular weight excluding hydrogens is 345 g/mol. The molecule has 1 aromatic rings. The number of pyridine rings is 1. The van der Waals surface area contributed by atoms with Gasteiger partial charge >= 0.3 is 0 Å². The molecule has 9 heteroatoms. The number of aliphatic hydroxyl groups is 4. The van der Waals surface area contributed by atoms with E-state index in [9.17, 15) is 29.6 Å². The highest BCUT2D eigenvalue weighted by Gasteiger charge is 2.45. The molecule has 1 aliphatic rings. The van der Waals surface area contributed by atoms with Crippen molar-refractivity contribution in [1.82, 2.24) is 15.2 Å². The van der Waals surface area contributed by atoms with Crippen LogP contribution >= 0.6 is 0 Å². The Labute approximate surface area is 150 Å². The first-order valence-corrected chi connectivity index (χ1v) is 8.37. The van der Waals surface area contributed by atoms with Crippen molar-refractivity contribution in [3.63, 3.8) is 0 Å². The zero-order valence-corrected chi connectivity index (χ0v) is 14.4. The predicted molar refractivity (Wildman–Crippen MR) is 91.3 cm³/mol. The van der Waals surface area contributed by atoms with Crippen LogP contribution in [-0.4, -0.2) is 86.3 Å². The van der Waals surface area contributed by atoms with Gasteiger partial charge in [-0.25, -0.2) is 4.98 Å². The Bertz CT molecular complexity index is 625. The minimum absolute atomic E-state index is 0.222. The quantitative estimate of drug-likeness (QED) is 0.386. The van der Waals surface area contributed by atoms with Crippen LogP contribution < -0.4 is 5.32 Å². The van der Waals surface area contributed by atoms with E-state index in [0.29, 0.717) is 12.1 Å². The number of nitrogens with zero attached hydrogens (tertiary/aromatic N) is 2. The molecule has 0 spiro atoms. The summed E-state index contributed by atoms with van der Waals surface area (Å²) in [5.41, 5.74) is 0.671. The van der Waals surface area contributed by atoms with Crippen molar-refractivity contribution in [2.45, 2.75) is 37.3 Å². The lowest BCUT2D eigenvalue weighted by Gasteiger charge is -2.41. The van der Waals surface area contributed by atoms with Crippen LogP contribution in [0.15, 0.2) is 24.4 Å². The van der Waals surface area contributed by atoms with Crippen molar-refractivity contribution >= 4 is 12.0 Å². The Balaban J connectivity index is 2.03. The Hall–Kier alpha value is -1.91. The van der Waals surface area contributed by atoms with Crippen LogP contribution in [-0.2, 0) is 4.79 Å². The van der Waals surface area contributed by atoms with Gasteiger partial charge < -0.3 is 25.3 Å². The number of amides is 1. The smallest absolute Gasteiger partial charge is 0.242 e. The SMILES string of the molecule is CCN(C/C=C/c1ccc(F)nc1)C(=O)[C@H]1N[C@H](CO)[C@@H](O)[C@H](O)[C@@H]1O. The molecule has 5 atom stereocenters. The number of carbonyl (C=O) groups is 1. The maximum atomic E-state index is 12.8. The van der Waals surface area contributed by atoms with Crippen LogP contribution in [0.3, 0.4) is 0 Å². The second-order valence-corrected chi connectivity index (χ2v) is 6.10. The van der Waals surface area contributed by atoms with E-state index in [0.717, 1.165) is 0 Å². The standard InChI is InChI=1S/C17H24FN3O5/c1-2-21(7-3-4-10-5-6-12(18)19-8-10)17(26)13-15(24)16(25)14(23)11(9-22)20-13/h3-6,8,11,13-16,20,22-25H,2,7,9H2,1H3/b4-3+/t11-,13+,14-,15-,16+/m1/s1. The van der Waals surface area contributed by atoms with Gasteiger partial charge in [0, 0.05) is 19.3 Å². The summed E-state index contributed by atoms with van der Waals surface area (Å²) in [4.78, 5) is 17.6. The van der Waals surface area contributed by atoms with Crippen molar-refractivity contribution in [3.05, 3.63) is 35.9 Å². The summed E-state index contributed by atoms with van der Waals surface area (Å²) in [6.07, 6.45) is 0.323. The van der Waals surface area contributed by atoms with E-state index in [4.69, 9.17) is 0 Å². The molecule has 5 N–H and O–H groups in total. The topological polar surface area (TPSA) is 126 Å². The molecule has 0 bridgehead atoms. The van der Waals surface area contributed by atoms with Gasteiger partial charge in [0.1, 0.15) is 24.4 Å². The normalized spacial score (nSPS) is 29.1. The van der Waals surface area contributed by atoms with Crippen molar-refractivity contribution in [1.29, 1.82) is 0 Å². The van der Waals surface area contributed by atoms with Crippen molar-refractivity contribution in [3.8, 4) is 0 Å². The van der Waals surface area contributed by atoms with Crippen molar-refractivity contribution < 1.29 is 29.6 Å². The molecule has 1 aromatic heterocycles. The van der Waals surface area contributed by atoms with E-state index >= 15 is 0 Å². The summed E-state index contributed by atoms with van der Waals surface area (Å²) in [7, 11) is 0. The summed E-state index contributed by atoms with van der Waals surface area (Å²) in [5, 5.41) is 41.7. The largest absolute Gasteiger partial charge is 0.395 e. The number of aliphatic hydroxyl groups excluding tert-OH is 4. The number of aromatic nitrogens is 1. The molecule has 1 amide bonds. The number of carbonyl (C=O) groups excluding carboxylic acids is 1.